The molecule has 3 nitrogen and oxygen atoms in total. The van der Waals surface area contributed by atoms with Gasteiger partial charge in [-0.15, -0.1) is 0 Å². The highest BCUT2D eigenvalue weighted by Gasteiger charge is 2.18. The second-order valence-electron chi connectivity index (χ2n) is 5.89. The fraction of sp³-hybridized carbons (Fsp3) is 0.556. The lowest BCUT2D eigenvalue weighted by Gasteiger charge is -2.27. The van der Waals surface area contributed by atoms with Crippen LogP contribution in [0.4, 0.5) is 0 Å². The van der Waals surface area contributed by atoms with Gasteiger partial charge in [-0.25, -0.2) is 0 Å². The molecular formula is C18H28N2O. The standard InChI is InChI=1S/C18H28N2O/c1-5-14(3)12-20(6-2)13-16(19-4)18-11-15-9-7-8-10-17(15)21-18/h7-11,14,16,19H,5-6,12-13H2,1-4H3. The topological polar surface area (TPSA) is 28.4 Å². The summed E-state index contributed by atoms with van der Waals surface area (Å²) in [6.45, 7) is 10.0. The van der Waals surface area contributed by atoms with Gasteiger partial charge in [0.25, 0.3) is 0 Å². The molecule has 21 heavy (non-hydrogen) atoms. The predicted molar refractivity (Wildman–Crippen MR) is 89.6 cm³/mol. The summed E-state index contributed by atoms with van der Waals surface area (Å²) in [7, 11) is 2.01. The maximum Gasteiger partial charge on any atom is 0.134 e. The Morgan fingerprint density at radius 1 is 1.19 bits per heavy atom. The number of furan rings is 1. The Labute approximate surface area is 128 Å². The van der Waals surface area contributed by atoms with E-state index in [0.29, 0.717) is 0 Å². The third kappa shape index (κ3) is 4.08. The third-order valence-corrected chi connectivity index (χ3v) is 4.29. The van der Waals surface area contributed by atoms with Gasteiger partial charge in [0.15, 0.2) is 0 Å². The minimum atomic E-state index is 0.237. The first-order chi connectivity index (χ1) is 10.2. The molecule has 0 aliphatic rings. The molecule has 0 saturated carbocycles. The van der Waals surface area contributed by atoms with Crippen LogP contribution >= 0.6 is 0 Å². The van der Waals surface area contributed by atoms with Gasteiger partial charge in [0, 0.05) is 18.5 Å². The number of nitrogens with zero attached hydrogens (tertiary/aromatic N) is 1. The lowest BCUT2D eigenvalue weighted by atomic mass is 10.1. The van der Waals surface area contributed by atoms with Crippen LogP contribution in [-0.2, 0) is 0 Å². The van der Waals surface area contributed by atoms with E-state index in [1.807, 2.05) is 19.2 Å². The molecule has 3 heteroatoms. The van der Waals surface area contributed by atoms with Crippen molar-refractivity contribution < 1.29 is 4.42 Å². The van der Waals surface area contributed by atoms with Gasteiger partial charge >= 0.3 is 0 Å². The zero-order chi connectivity index (χ0) is 15.2. The van der Waals surface area contributed by atoms with Crippen molar-refractivity contribution in [3.63, 3.8) is 0 Å². The second kappa shape index (κ2) is 7.62. The second-order valence-corrected chi connectivity index (χ2v) is 5.89. The summed E-state index contributed by atoms with van der Waals surface area (Å²) in [6, 6.07) is 10.6. The summed E-state index contributed by atoms with van der Waals surface area (Å²) in [5.41, 5.74) is 0.970. The molecule has 0 amide bonds. The van der Waals surface area contributed by atoms with E-state index < -0.39 is 0 Å². The Morgan fingerprint density at radius 2 is 1.95 bits per heavy atom. The largest absolute Gasteiger partial charge is 0.459 e. The summed E-state index contributed by atoms with van der Waals surface area (Å²) in [6.07, 6.45) is 1.23. The van der Waals surface area contributed by atoms with E-state index in [1.54, 1.807) is 0 Å². The van der Waals surface area contributed by atoms with Crippen LogP contribution in [0, 0.1) is 5.92 Å². The van der Waals surface area contributed by atoms with Crippen LogP contribution < -0.4 is 5.32 Å². The zero-order valence-electron chi connectivity index (χ0n) is 13.7. The molecule has 1 aromatic carbocycles. The predicted octanol–water partition coefficient (Wildman–Crippen LogP) is 4.06. The minimum absolute atomic E-state index is 0.237. The SMILES string of the molecule is CCC(C)CN(CC)CC(NC)c1cc2ccccc2o1. The molecule has 0 spiro atoms. The average Bonchev–Trinajstić information content (AvgIpc) is 2.94. The highest BCUT2D eigenvalue weighted by molar-refractivity contribution is 5.77. The van der Waals surface area contributed by atoms with Crippen molar-refractivity contribution in [2.75, 3.05) is 26.7 Å². The Balaban J connectivity index is 2.10. The Kier molecular flexibility index (Phi) is 5.83. The lowest BCUT2D eigenvalue weighted by molar-refractivity contribution is 0.215. The van der Waals surface area contributed by atoms with Crippen LogP contribution in [0.5, 0.6) is 0 Å². The number of benzene rings is 1. The van der Waals surface area contributed by atoms with E-state index in [9.17, 15) is 0 Å². The molecule has 2 atom stereocenters. The number of para-hydroxylation sites is 1. The average molecular weight is 288 g/mol. The monoisotopic (exact) mass is 288 g/mol. The van der Waals surface area contributed by atoms with Crippen LogP contribution in [-0.4, -0.2) is 31.6 Å². The van der Waals surface area contributed by atoms with E-state index in [2.05, 4.69) is 49.2 Å². The molecule has 0 bridgehead atoms. The molecule has 0 aliphatic carbocycles. The van der Waals surface area contributed by atoms with Crippen LogP contribution in [0.25, 0.3) is 11.0 Å². The van der Waals surface area contributed by atoms with E-state index in [0.717, 1.165) is 36.9 Å². The number of fused-ring (bicyclic) bond motifs is 1. The number of hydrogen-bond donors (Lipinski definition) is 1. The van der Waals surface area contributed by atoms with Gasteiger partial charge in [0.1, 0.15) is 11.3 Å². The van der Waals surface area contributed by atoms with Crippen LogP contribution in [0.1, 0.15) is 39.0 Å². The molecule has 0 saturated heterocycles. The molecule has 2 rings (SSSR count). The van der Waals surface area contributed by atoms with Gasteiger partial charge in [0.2, 0.25) is 0 Å². The summed E-state index contributed by atoms with van der Waals surface area (Å²) in [5, 5.41) is 4.58. The lowest BCUT2D eigenvalue weighted by Crippen LogP contribution is -2.36. The number of rotatable bonds is 8. The summed E-state index contributed by atoms with van der Waals surface area (Å²) >= 11 is 0. The number of nitrogens with one attached hydrogen (secondary N) is 1. The van der Waals surface area contributed by atoms with E-state index in [-0.39, 0.29) is 6.04 Å². The van der Waals surface area contributed by atoms with Gasteiger partial charge in [0.05, 0.1) is 6.04 Å². The van der Waals surface area contributed by atoms with E-state index in [1.165, 1.54) is 11.8 Å². The van der Waals surface area contributed by atoms with E-state index in [4.69, 9.17) is 4.42 Å². The van der Waals surface area contributed by atoms with Crippen LogP contribution in [0.3, 0.4) is 0 Å². The molecule has 0 radical (unpaired) electrons. The quantitative estimate of drug-likeness (QED) is 0.794. The van der Waals surface area contributed by atoms with Gasteiger partial charge < -0.3 is 14.6 Å². The van der Waals surface area contributed by atoms with Crippen molar-refractivity contribution in [3.8, 4) is 0 Å². The summed E-state index contributed by atoms with van der Waals surface area (Å²) in [5.74, 6) is 1.76. The molecule has 2 aromatic rings. The Hall–Kier alpha value is -1.32. The molecule has 1 aromatic heterocycles. The van der Waals surface area contributed by atoms with Crippen molar-refractivity contribution in [1.29, 1.82) is 0 Å². The molecule has 2 unspecified atom stereocenters. The van der Waals surface area contributed by atoms with Gasteiger partial charge in [-0.1, -0.05) is 45.4 Å². The molecule has 116 valence electrons. The van der Waals surface area contributed by atoms with Crippen LogP contribution in [0.2, 0.25) is 0 Å². The maximum atomic E-state index is 6.01. The first kappa shape index (κ1) is 16.1. The fourth-order valence-electron chi connectivity index (χ4n) is 2.66. The molecule has 1 heterocycles. The Bertz CT molecular complexity index is 516. The van der Waals surface area contributed by atoms with Crippen LogP contribution in [0.15, 0.2) is 34.7 Å². The first-order valence-corrected chi connectivity index (χ1v) is 8.06. The van der Waals surface area contributed by atoms with Crippen molar-refractivity contribution in [2.24, 2.45) is 5.92 Å². The molecule has 0 fully saturated rings. The van der Waals surface area contributed by atoms with Crippen molar-refractivity contribution in [2.45, 2.75) is 33.2 Å². The smallest absolute Gasteiger partial charge is 0.134 e. The third-order valence-electron chi connectivity index (χ3n) is 4.29. The number of likely N-dealkylation sites (N-methyl/N-ethyl adjacent to an activating group) is 2. The van der Waals surface area contributed by atoms with Gasteiger partial charge in [-0.3, -0.25) is 0 Å². The molecular weight excluding hydrogens is 260 g/mol. The number of hydrogen-bond acceptors (Lipinski definition) is 3. The minimum Gasteiger partial charge on any atom is -0.459 e. The van der Waals surface area contributed by atoms with Crippen molar-refractivity contribution in [3.05, 3.63) is 36.1 Å². The normalized spacial score (nSPS) is 14.7. The molecule has 0 aliphatic heterocycles. The highest BCUT2D eigenvalue weighted by Crippen LogP contribution is 2.24. The zero-order valence-corrected chi connectivity index (χ0v) is 13.7. The van der Waals surface area contributed by atoms with Crippen molar-refractivity contribution in [1.82, 2.24) is 10.2 Å². The van der Waals surface area contributed by atoms with E-state index >= 15 is 0 Å². The van der Waals surface area contributed by atoms with Gasteiger partial charge in [-0.05, 0) is 31.6 Å². The summed E-state index contributed by atoms with van der Waals surface area (Å²) < 4.78 is 6.01. The Morgan fingerprint density at radius 3 is 2.57 bits per heavy atom. The fourth-order valence-corrected chi connectivity index (χ4v) is 2.66. The maximum absolute atomic E-state index is 6.01. The molecule has 1 N–H and O–H groups in total. The highest BCUT2D eigenvalue weighted by atomic mass is 16.3. The first-order valence-electron chi connectivity index (χ1n) is 8.06. The summed E-state index contributed by atoms with van der Waals surface area (Å²) in [4.78, 5) is 2.50. The van der Waals surface area contributed by atoms with Crippen molar-refractivity contribution >= 4 is 11.0 Å². The van der Waals surface area contributed by atoms with Gasteiger partial charge in [-0.2, -0.15) is 0 Å².